The van der Waals surface area contributed by atoms with Gasteiger partial charge in [0.2, 0.25) is 0 Å². The number of carbonyl (C=O) groups excluding carboxylic acids is 1. The molecule has 0 saturated carbocycles. The van der Waals surface area contributed by atoms with Crippen molar-refractivity contribution in [2.75, 3.05) is 18.4 Å². The van der Waals surface area contributed by atoms with E-state index in [2.05, 4.69) is 52.4 Å². The molecular weight excluding hydrogens is 354 g/mol. The van der Waals surface area contributed by atoms with Crippen LogP contribution in [0.15, 0.2) is 72.1 Å². The molecule has 1 aromatic heterocycles. The Hall–Kier alpha value is -2.63. The zero-order valence-corrected chi connectivity index (χ0v) is 16.0. The van der Waals surface area contributed by atoms with Crippen LogP contribution in [-0.4, -0.2) is 19.1 Å². The van der Waals surface area contributed by atoms with Gasteiger partial charge in [0.1, 0.15) is 12.6 Å². The number of carbonyl (C=O) groups is 1. The van der Waals surface area contributed by atoms with E-state index in [1.54, 1.807) is 11.3 Å². The van der Waals surface area contributed by atoms with Gasteiger partial charge in [-0.1, -0.05) is 48.5 Å². The normalized spacial score (nSPS) is 17.0. The van der Waals surface area contributed by atoms with Crippen LogP contribution in [0.1, 0.15) is 22.0 Å². The molecule has 1 unspecified atom stereocenters. The molecule has 2 amide bonds. The molecule has 2 atom stereocenters. The Morgan fingerprint density at radius 3 is 2.56 bits per heavy atom. The summed E-state index contributed by atoms with van der Waals surface area (Å²) in [6, 6.07) is 22.6. The van der Waals surface area contributed by atoms with Gasteiger partial charge < -0.3 is 15.5 Å². The van der Waals surface area contributed by atoms with Gasteiger partial charge in [-0.3, -0.25) is 0 Å². The first-order valence-corrected chi connectivity index (χ1v) is 10.2. The van der Waals surface area contributed by atoms with E-state index in [1.165, 1.54) is 20.9 Å². The average molecular weight is 379 g/mol. The van der Waals surface area contributed by atoms with E-state index >= 15 is 0 Å². The van der Waals surface area contributed by atoms with Gasteiger partial charge in [0, 0.05) is 17.7 Å². The highest BCUT2D eigenvalue weighted by Crippen LogP contribution is 2.19. The zero-order valence-electron chi connectivity index (χ0n) is 15.2. The van der Waals surface area contributed by atoms with E-state index < -0.39 is 0 Å². The van der Waals surface area contributed by atoms with Crippen LogP contribution in [-0.2, 0) is 13.0 Å². The Bertz CT molecular complexity index is 880. The van der Waals surface area contributed by atoms with Gasteiger partial charge >= 0.3 is 6.03 Å². The SMILES string of the molecule is O=C(NC[C@H](c1cccs1)[NH+]1CCc2ccccc2C1)Nc1ccccc1. The fourth-order valence-corrected chi connectivity index (χ4v) is 4.61. The predicted molar refractivity (Wildman–Crippen MR) is 110 cm³/mol. The molecule has 4 nitrogen and oxygen atoms in total. The minimum absolute atomic E-state index is 0.153. The lowest BCUT2D eigenvalue weighted by molar-refractivity contribution is -0.945. The molecular formula is C22H24N3OS+. The van der Waals surface area contributed by atoms with Gasteiger partial charge in [-0.05, 0) is 29.1 Å². The highest BCUT2D eigenvalue weighted by atomic mass is 32.1. The molecule has 3 aromatic rings. The van der Waals surface area contributed by atoms with Crippen molar-refractivity contribution >= 4 is 23.1 Å². The third-order valence-corrected chi connectivity index (χ3v) is 6.12. The first-order chi connectivity index (χ1) is 13.3. The predicted octanol–water partition coefficient (Wildman–Crippen LogP) is 3.25. The smallest absolute Gasteiger partial charge is 0.319 e. The van der Waals surface area contributed by atoms with Crippen molar-refractivity contribution in [1.29, 1.82) is 0 Å². The number of hydrogen-bond donors (Lipinski definition) is 3. The van der Waals surface area contributed by atoms with Crippen molar-refractivity contribution in [2.24, 2.45) is 0 Å². The number of rotatable bonds is 5. The zero-order chi connectivity index (χ0) is 18.5. The van der Waals surface area contributed by atoms with Crippen LogP contribution >= 0.6 is 11.3 Å². The molecule has 27 heavy (non-hydrogen) atoms. The minimum Gasteiger partial charge on any atom is -0.331 e. The second-order valence-electron chi connectivity index (χ2n) is 6.87. The van der Waals surface area contributed by atoms with Crippen molar-refractivity contribution < 1.29 is 9.69 Å². The summed E-state index contributed by atoms with van der Waals surface area (Å²) in [6.07, 6.45) is 1.09. The highest BCUT2D eigenvalue weighted by molar-refractivity contribution is 7.10. The Balaban J connectivity index is 1.44. The first-order valence-electron chi connectivity index (χ1n) is 9.34. The lowest BCUT2D eigenvalue weighted by Crippen LogP contribution is -3.12. The summed E-state index contributed by atoms with van der Waals surface area (Å²) >= 11 is 1.77. The molecule has 0 aliphatic carbocycles. The van der Waals surface area contributed by atoms with E-state index in [0.717, 1.165) is 25.2 Å². The van der Waals surface area contributed by atoms with E-state index in [1.807, 2.05) is 30.3 Å². The number of nitrogens with one attached hydrogen (secondary N) is 3. The summed E-state index contributed by atoms with van der Waals surface area (Å²) in [7, 11) is 0. The maximum atomic E-state index is 12.3. The summed E-state index contributed by atoms with van der Waals surface area (Å²) in [5, 5.41) is 8.10. The number of para-hydroxylation sites is 1. The number of thiophene rings is 1. The van der Waals surface area contributed by atoms with Crippen molar-refractivity contribution in [3.63, 3.8) is 0 Å². The topological polar surface area (TPSA) is 45.6 Å². The van der Waals surface area contributed by atoms with Crippen LogP contribution in [0.3, 0.4) is 0 Å². The number of hydrogen-bond acceptors (Lipinski definition) is 2. The summed E-state index contributed by atoms with van der Waals surface area (Å²) in [6.45, 7) is 2.71. The van der Waals surface area contributed by atoms with Gasteiger partial charge in [0.25, 0.3) is 0 Å². The largest absolute Gasteiger partial charge is 0.331 e. The van der Waals surface area contributed by atoms with Gasteiger partial charge in [0.15, 0.2) is 0 Å². The molecule has 0 spiro atoms. The highest BCUT2D eigenvalue weighted by Gasteiger charge is 2.29. The summed E-state index contributed by atoms with van der Waals surface area (Å²) < 4.78 is 0. The Kier molecular flexibility index (Phi) is 5.51. The van der Waals surface area contributed by atoms with E-state index in [4.69, 9.17) is 0 Å². The van der Waals surface area contributed by atoms with E-state index in [-0.39, 0.29) is 12.1 Å². The molecule has 1 aliphatic rings. The lowest BCUT2D eigenvalue weighted by Gasteiger charge is -2.32. The lowest BCUT2D eigenvalue weighted by atomic mass is 9.98. The molecule has 0 radical (unpaired) electrons. The first kappa shape index (κ1) is 17.8. The van der Waals surface area contributed by atoms with Crippen LogP contribution in [0.2, 0.25) is 0 Å². The maximum Gasteiger partial charge on any atom is 0.319 e. The molecule has 138 valence electrons. The third kappa shape index (κ3) is 4.38. The molecule has 5 heteroatoms. The maximum absolute atomic E-state index is 12.3. The summed E-state index contributed by atoms with van der Waals surface area (Å²) in [5.41, 5.74) is 3.69. The molecule has 2 heterocycles. The Morgan fingerprint density at radius 2 is 1.78 bits per heavy atom. The van der Waals surface area contributed by atoms with Crippen LogP contribution in [0.25, 0.3) is 0 Å². The van der Waals surface area contributed by atoms with Crippen molar-refractivity contribution in [1.82, 2.24) is 5.32 Å². The quantitative estimate of drug-likeness (QED) is 0.627. The van der Waals surface area contributed by atoms with Crippen LogP contribution in [0, 0.1) is 0 Å². The fraction of sp³-hybridized carbons (Fsp3) is 0.227. The summed E-state index contributed by atoms with van der Waals surface area (Å²) in [5.74, 6) is 0. The molecule has 0 bridgehead atoms. The third-order valence-electron chi connectivity index (χ3n) is 5.13. The van der Waals surface area contributed by atoms with Gasteiger partial charge in [-0.15, -0.1) is 11.3 Å². The van der Waals surface area contributed by atoms with Crippen LogP contribution in [0.5, 0.6) is 0 Å². The number of quaternary nitrogens is 1. The van der Waals surface area contributed by atoms with E-state index in [9.17, 15) is 4.79 Å². The van der Waals surface area contributed by atoms with E-state index in [0.29, 0.717) is 6.54 Å². The Labute approximate surface area is 163 Å². The number of benzene rings is 2. The van der Waals surface area contributed by atoms with Gasteiger partial charge in [-0.25, -0.2) is 4.79 Å². The van der Waals surface area contributed by atoms with Crippen LogP contribution in [0.4, 0.5) is 10.5 Å². The Morgan fingerprint density at radius 1 is 1.00 bits per heavy atom. The van der Waals surface area contributed by atoms with Crippen LogP contribution < -0.4 is 15.5 Å². The number of amides is 2. The van der Waals surface area contributed by atoms with Crippen molar-refractivity contribution in [3.8, 4) is 0 Å². The molecule has 0 saturated heterocycles. The average Bonchev–Trinajstić information content (AvgIpc) is 3.23. The van der Waals surface area contributed by atoms with Gasteiger partial charge in [0.05, 0.1) is 18.0 Å². The minimum atomic E-state index is -0.153. The fourth-order valence-electron chi connectivity index (χ4n) is 3.73. The number of urea groups is 1. The monoisotopic (exact) mass is 378 g/mol. The standard InChI is InChI=1S/C22H23N3OS/c26-22(24-19-9-2-1-3-10-19)23-15-20(21-11-6-14-27-21)25-13-12-17-7-4-5-8-18(17)16-25/h1-11,14,20H,12-13,15-16H2,(H2,23,24,26)/p+1/t20-/m1/s1. The molecule has 3 N–H and O–H groups in total. The van der Waals surface area contributed by atoms with Gasteiger partial charge in [-0.2, -0.15) is 0 Å². The molecule has 2 aromatic carbocycles. The van der Waals surface area contributed by atoms with Crippen molar-refractivity contribution in [3.05, 3.63) is 88.1 Å². The number of fused-ring (bicyclic) bond motifs is 1. The second kappa shape index (κ2) is 8.37. The molecule has 4 rings (SSSR count). The molecule has 0 fully saturated rings. The second-order valence-corrected chi connectivity index (χ2v) is 7.85. The van der Waals surface area contributed by atoms with Crippen molar-refractivity contribution in [2.45, 2.75) is 19.0 Å². The number of anilines is 1. The molecule has 1 aliphatic heterocycles. The summed E-state index contributed by atoms with van der Waals surface area (Å²) in [4.78, 5) is 15.2.